The molecule has 0 amide bonds. The van der Waals surface area contributed by atoms with Crippen molar-refractivity contribution in [2.75, 3.05) is 0 Å². The van der Waals surface area contributed by atoms with Gasteiger partial charge in [0.2, 0.25) is 0 Å². The van der Waals surface area contributed by atoms with Crippen LogP contribution in [0, 0.1) is 6.92 Å². The predicted molar refractivity (Wildman–Crippen MR) is 115 cm³/mol. The second kappa shape index (κ2) is 7.68. The van der Waals surface area contributed by atoms with Crippen molar-refractivity contribution >= 4 is 23.8 Å². The van der Waals surface area contributed by atoms with Gasteiger partial charge in [-0.3, -0.25) is 0 Å². The molecule has 0 radical (unpaired) electrons. The van der Waals surface area contributed by atoms with E-state index in [0.29, 0.717) is 0 Å². The van der Waals surface area contributed by atoms with Crippen LogP contribution in [-0.4, -0.2) is 0 Å². The van der Waals surface area contributed by atoms with E-state index >= 15 is 0 Å². The van der Waals surface area contributed by atoms with Gasteiger partial charge in [0.1, 0.15) is 0 Å². The molecule has 0 fully saturated rings. The van der Waals surface area contributed by atoms with Crippen molar-refractivity contribution in [1.29, 1.82) is 0 Å². The molecule has 4 aromatic carbocycles. The lowest BCUT2D eigenvalue weighted by Crippen LogP contribution is -2.24. The normalized spacial score (nSPS) is 10.8. The molecule has 0 spiro atoms. The van der Waals surface area contributed by atoms with E-state index in [4.69, 9.17) is 0 Å². The molecule has 0 unspecified atom stereocenters. The number of benzene rings is 4. The fourth-order valence-electron chi connectivity index (χ4n) is 3.37. The Hall–Kier alpha value is -2.69. The maximum absolute atomic E-state index is 2.26. The number of hydrogen-bond donors (Lipinski definition) is 0. The van der Waals surface area contributed by atoms with E-state index < -0.39 is 7.92 Å². The van der Waals surface area contributed by atoms with Crippen LogP contribution in [0.15, 0.2) is 109 Å². The van der Waals surface area contributed by atoms with E-state index in [1.807, 2.05) is 0 Å². The maximum atomic E-state index is 2.26. The van der Waals surface area contributed by atoms with E-state index in [9.17, 15) is 0 Å². The van der Waals surface area contributed by atoms with Gasteiger partial charge in [-0.2, -0.15) is 0 Å². The second-order valence-corrected chi connectivity index (χ2v) is 8.49. The molecule has 26 heavy (non-hydrogen) atoms. The van der Waals surface area contributed by atoms with Gasteiger partial charge in [0.25, 0.3) is 0 Å². The summed E-state index contributed by atoms with van der Waals surface area (Å²) in [7, 11) is -0.611. The lowest BCUT2D eigenvalue weighted by atomic mass is 10.0. The SMILES string of the molecule is Cc1cccc(-c2ccccc2)c1P(c1ccccc1)c1ccccc1. The maximum Gasteiger partial charge on any atom is -0.00433 e. The molecule has 0 aromatic heterocycles. The van der Waals surface area contributed by atoms with Gasteiger partial charge >= 0.3 is 0 Å². The third-order valence-corrected chi connectivity index (χ3v) is 7.24. The zero-order chi connectivity index (χ0) is 17.8. The van der Waals surface area contributed by atoms with Crippen LogP contribution < -0.4 is 15.9 Å². The highest BCUT2D eigenvalue weighted by molar-refractivity contribution is 7.80. The first-order valence-corrected chi connectivity index (χ1v) is 10.2. The van der Waals surface area contributed by atoms with E-state index in [1.54, 1.807) is 0 Å². The molecule has 4 aromatic rings. The summed E-state index contributed by atoms with van der Waals surface area (Å²) < 4.78 is 0. The van der Waals surface area contributed by atoms with Gasteiger partial charge in [-0.05, 0) is 47.4 Å². The van der Waals surface area contributed by atoms with Crippen molar-refractivity contribution in [2.45, 2.75) is 6.92 Å². The molecule has 0 heterocycles. The Kier molecular flexibility index (Phi) is 4.95. The van der Waals surface area contributed by atoms with Crippen LogP contribution >= 0.6 is 7.92 Å². The minimum Gasteiger partial charge on any atom is -0.0622 e. The Morgan fingerprint density at radius 1 is 0.500 bits per heavy atom. The van der Waals surface area contributed by atoms with Gasteiger partial charge in [-0.15, -0.1) is 0 Å². The second-order valence-electron chi connectivity index (χ2n) is 6.34. The zero-order valence-corrected chi connectivity index (χ0v) is 15.7. The quantitative estimate of drug-likeness (QED) is 0.430. The Morgan fingerprint density at radius 3 is 1.54 bits per heavy atom. The highest BCUT2D eigenvalue weighted by Crippen LogP contribution is 2.38. The van der Waals surface area contributed by atoms with Gasteiger partial charge in [-0.1, -0.05) is 109 Å². The topological polar surface area (TPSA) is 0 Å². The third kappa shape index (κ3) is 3.34. The smallest absolute Gasteiger partial charge is 0.00433 e. The summed E-state index contributed by atoms with van der Waals surface area (Å²) in [6.45, 7) is 2.24. The zero-order valence-electron chi connectivity index (χ0n) is 14.8. The molecule has 0 N–H and O–H groups in total. The largest absolute Gasteiger partial charge is 0.0622 e. The monoisotopic (exact) mass is 352 g/mol. The van der Waals surface area contributed by atoms with Crippen LogP contribution in [-0.2, 0) is 0 Å². The molecule has 0 aliphatic rings. The average Bonchev–Trinajstić information content (AvgIpc) is 2.72. The molecular weight excluding hydrogens is 331 g/mol. The summed E-state index contributed by atoms with van der Waals surface area (Å²) in [5.41, 5.74) is 3.97. The van der Waals surface area contributed by atoms with E-state index in [-0.39, 0.29) is 0 Å². The minimum atomic E-state index is -0.611. The Bertz CT molecular complexity index is 937. The summed E-state index contributed by atoms with van der Waals surface area (Å²) in [6, 6.07) is 39.2. The first-order chi connectivity index (χ1) is 12.8. The van der Waals surface area contributed by atoms with Crippen molar-refractivity contribution in [1.82, 2.24) is 0 Å². The summed E-state index contributed by atoms with van der Waals surface area (Å²) >= 11 is 0. The molecule has 0 nitrogen and oxygen atoms in total. The fraction of sp³-hybridized carbons (Fsp3) is 0.0400. The molecule has 0 aliphatic carbocycles. The first kappa shape index (κ1) is 16.8. The van der Waals surface area contributed by atoms with Crippen molar-refractivity contribution in [3.63, 3.8) is 0 Å². The average molecular weight is 352 g/mol. The number of hydrogen-bond acceptors (Lipinski definition) is 0. The number of rotatable bonds is 4. The van der Waals surface area contributed by atoms with Crippen molar-refractivity contribution in [3.05, 3.63) is 115 Å². The van der Waals surface area contributed by atoms with Crippen LogP contribution in [0.3, 0.4) is 0 Å². The van der Waals surface area contributed by atoms with Crippen molar-refractivity contribution in [2.24, 2.45) is 0 Å². The van der Waals surface area contributed by atoms with Crippen LogP contribution in [0.25, 0.3) is 11.1 Å². The van der Waals surface area contributed by atoms with Crippen LogP contribution in [0.5, 0.6) is 0 Å². The van der Waals surface area contributed by atoms with E-state index in [1.165, 1.54) is 32.6 Å². The van der Waals surface area contributed by atoms with E-state index in [0.717, 1.165) is 0 Å². The van der Waals surface area contributed by atoms with Crippen molar-refractivity contribution < 1.29 is 0 Å². The molecule has 0 saturated carbocycles. The number of aryl methyl sites for hydroxylation is 1. The fourth-order valence-corrected chi connectivity index (χ4v) is 5.99. The van der Waals surface area contributed by atoms with Crippen LogP contribution in [0.4, 0.5) is 0 Å². The Morgan fingerprint density at radius 2 is 1.00 bits per heavy atom. The van der Waals surface area contributed by atoms with Gasteiger partial charge < -0.3 is 0 Å². The standard InChI is InChI=1S/C25H21P/c1-20-12-11-19-24(21-13-5-2-6-14-21)25(20)26(22-15-7-3-8-16-22)23-17-9-4-10-18-23/h2-19H,1H3. The first-order valence-electron chi connectivity index (χ1n) is 8.90. The summed E-state index contributed by atoms with van der Waals surface area (Å²) in [5, 5.41) is 4.23. The molecule has 0 bridgehead atoms. The lowest BCUT2D eigenvalue weighted by molar-refractivity contribution is 1.51. The molecular formula is C25H21P. The summed E-state index contributed by atoms with van der Waals surface area (Å²) in [6.07, 6.45) is 0. The highest BCUT2D eigenvalue weighted by Gasteiger charge is 2.21. The van der Waals surface area contributed by atoms with Crippen LogP contribution in [0.2, 0.25) is 0 Å². The van der Waals surface area contributed by atoms with Gasteiger partial charge in [-0.25, -0.2) is 0 Å². The van der Waals surface area contributed by atoms with Crippen molar-refractivity contribution in [3.8, 4) is 11.1 Å². The molecule has 1 heteroatoms. The predicted octanol–water partition coefficient (Wildman–Crippen LogP) is 5.42. The van der Waals surface area contributed by atoms with Gasteiger partial charge in [0.05, 0.1) is 0 Å². The summed E-state index contributed by atoms with van der Waals surface area (Å²) in [5.74, 6) is 0. The molecule has 126 valence electrons. The lowest BCUT2D eigenvalue weighted by Gasteiger charge is -2.24. The van der Waals surface area contributed by atoms with Crippen LogP contribution in [0.1, 0.15) is 5.56 Å². The molecule has 0 atom stereocenters. The minimum absolute atomic E-state index is 0.611. The molecule has 0 saturated heterocycles. The Balaban J connectivity index is 1.98. The van der Waals surface area contributed by atoms with Gasteiger partial charge in [0.15, 0.2) is 0 Å². The summed E-state index contributed by atoms with van der Waals surface area (Å²) in [4.78, 5) is 0. The molecule has 0 aliphatic heterocycles. The third-order valence-electron chi connectivity index (χ3n) is 4.57. The van der Waals surface area contributed by atoms with Gasteiger partial charge in [0, 0.05) is 0 Å². The molecule has 4 rings (SSSR count). The Labute approximate surface area is 156 Å². The highest BCUT2D eigenvalue weighted by atomic mass is 31.1. The van der Waals surface area contributed by atoms with E-state index in [2.05, 4.69) is 116 Å².